The summed E-state index contributed by atoms with van der Waals surface area (Å²) >= 11 is 1.56. The average Bonchev–Trinajstić information content (AvgIpc) is 2.92. The van der Waals surface area contributed by atoms with E-state index in [2.05, 4.69) is 41.3 Å². The highest BCUT2D eigenvalue weighted by Crippen LogP contribution is 2.20. The zero-order valence-electron chi connectivity index (χ0n) is 11.8. The van der Waals surface area contributed by atoms with Crippen LogP contribution in [0, 0.1) is 6.92 Å². The first-order valence-electron chi connectivity index (χ1n) is 6.27. The van der Waals surface area contributed by atoms with Crippen LogP contribution in [0.2, 0.25) is 0 Å². The third kappa shape index (κ3) is 4.72. The van der Waals surface area contributed by atoms with Crippen molar-refractivity contribution in [2.75, 3.05) is 0 Å². The van der Waals surface area contributed by atoms with Crippen molar-refractivity contribution in [2.45, 2.75) is 50.7 Å². The third-order valence-electron chi connectivity index (χ3n) is 2.43. The van der Waals surface area contributed by atoms with Crippen LogP contribution in [0.15, 0.2) is 21.7 Å². The summed E-state index contributed by atoms with van der Waals surface area (Å²) in [4.78, 5) is 4.24. The Hall–Kier alpha value is -1.27. The minimum atomic E-state index is 0.0954. The van der Waals surface area contributed by atoms with Crippen molar-refractivity contribution in [1.82, 2.24) is 20.5 Å². The molecule has 2 N–H and O–H groups in total. The first kappa shape index (κ1) is 14.1. The zero-order chi connectivity index (χ0) is 13.9. The number of hydrogen-bond acceptors (Lipinski definition) is 5. The van der Waals surface area contributed by atoms with Gasteiger partial charge >= 0.3 is 0 Å². The lowest BCUT2D eigenvalue weighted by Gasteiger charge is -2.19. The van der Waals surface area contributed by atoms with Gasteiger partial charge in [-0.25, -0.2) is 4.98 Å². The molecule has 5 nitrogen and oxygen atoms in total. The monoisotopic (exact) mass is 280 g/mol. The number of rotatable bonds is 5. The Labute approximate surface area is 117 Å². The molecule has 6 heteroatoms. The zero-order valence-corrected chi connectivity index (χ0v) is 12.6. The number of furan rings is 1. The maximum Gasteiger partial charge on any atom is 0.208 e. The Balaban J connectivity index is 1.84. The molecule has 0 bridgehead atoms. The highest BCUT2D eigenvalue weighted by molar-refractivity contribution is 7.98. The van der Waals surface area contributed by atoms with Crippen molar-refractivity contribution in [3.63, 3.8) is 0 Å². The van der Waals surface area contributed by atoms with Gasteiger partial charge < -0.3 is 9.73 Å². The van der Waals surface area contributed by atoms with E-state index in [9.17, 15) is 0 Å². The quantitative estimate of drug-likeness (QED) is 0.824. The van der Waals surface area contributed by atoms with E-state index in [0.717, 1.165) is 34.8 Å². The van der Waals surface area contributed by atoms with E-state index in [4.69, 9.17) is 4.42 Å². The van der Waals surface area contributed by atoms with Crippen LogP contribution in [-0.2, 0) is 12.3 Å². The lowest BCUT2D eigenvalue weighted by molar-refractivity contribution is 0.382. The Bertz CT molecular complexity index is 527. The molecular formula is C13H20N4OS. The predicted molar refractivity (Wildman–Crippen MR) is 76.0 cm³/mol. The summed E-state index contributed by atoms with van der Waals surface area (Å²) in [5.41, 5.74) is 0.0954. The number of thioether (sulfide) groups is 1. The van der Waals surface area contributed by atoms with E-state index in [1.165, 1.54) is 0 Å². The predicted octanol–water partition coefficient (Wildman–Crippen LogP) is 2.89. The molecule has 2 aromatic rings. The van der Waals surface area contributed by atoms with Crippen molar-refractivity contribution in [2.24, 2.45) is 0 Å². The number of nitrogens with zero attached hydrogens (tertiary/aromatic N) is 2. The van der Waals surface area contributed by atoms with Gasteiger partial charge in [0.2, 0.25) is 5.16 Å². The van der Waals surface area contributed by atoms with Crippen molar-refractivity contribution in [1.29, 1.82) is 0 Å². The molecule has 0 spiro atoms. The van der Waals surface area contributed by atoms with Gasteiger partial charge in [0.25, 0.3) is 0 Å². The molecule has 2 rings (SSSR count). The van der Waals surface area contributed by atoms with Crippen molar-refractivity contribution in [3.8, 4) is 0 Å². The molecule has 2 aromatic heterocycles. The van der Waals surface area contributed by atoms with E-state index < -0.39 is 0 Å². The lowest BCUT2D eigenvalue weighted by Crippen LogP contribution is -2.34. The van der Waals surface area contributed by atoms with Crippen LogP contribution in [0.3, 0.4) is 0 Å². The molecule has 0 aliphatic carbocycles. The van der Waals surface area contributed by atoms with Crippen LogP contribution in [0.5, 0.6) is 0 Å². The van der Waals surface area contributed by atoms with Crippen molar-refractivity contribution >= 4 is 11.8 Å². The molecule has 19 heavy (non-hydrogen) atoms. The van der Waals surface area contributed by atoms with E-state index >= 15 is 0 Å². The number of aromatic amines is 1. The fourth-order valence-corrected chi connectivity index (χ4v) is 2.21. The summed E-state index contributed by atoms with van der Waals surface area (Å²) in [5.74, 6) is 3.47. The molecule has 0 radical (unpaired) electrons. The average molecular weight is 280 g/mol. The van der Waals surface area contributed by atoms with Gasteiger partial charge in [-0.05, 0) is 39.8 Å². The maximum absolute atomic E-state index is 5.76. The van der Waals surface area contributed by atoms with Gasteiger partial charge in [-0.1, -0.05) is 11.8 Å². The van der Waals surface area contributed by atoms with Crippen LogP contribution in [0.1, 0.15) is 38.1 Å². The summed E-state index contributed by atoms with van der Waals surface area (Å²) in [7, 11) is 0. The molecule has 0 unspecified atom stereocenters. The molecule has 0 saturated carbocycles. The molecule has 0 fully saturated rings. The minimum Gasteiger partial charge on any atom is -0.464 e. The van der Waals surface area contributed by atoms with Crippen LogP contribution in [-0.4, -0.2) is 20.7 Å². The summed E-state index contributed by atoms with van der Waals surface area (Å²) in [6.45, 7) is 9.04. The number of nitrogens with one attached hydrogen (secondary N) is 2. The lowest BCUT2D eigenvalue weighted by atomic mass is 10.1. The maximum atomic E-state index is 5.76. The molecule has 2 heterocycles. The second-order valence-electron chi connectivity index (χ2n) is 5.46. The molecule has 0 saturated heterocycles. The third-order valence-corrected chi connectivity index (χ3v) is 3.30. The Morgan fingerprint density at radius 2 is 2.05 bits per heavy atom. The van der Waals surface area contributed by atoms with Crippen LogP contribution in [0.25, 0.3) is 0 Å². The van der Waals surface area contributed by atoms with E-state index in [1.807, 2.05) is 19.1 Å². The van der Waals surface area contributed by atoms with Gasteiger partial charge in [0.1, 0.15) is 17.3 Å². The highest BCUT2D eigenvalue weighted by Gasteiger charge is 2.10. The smallest absolute Gasteiger partial charge is 0.208 e. The molecule has 104 valence electrons. The summed E-state index contributed by atoms with van der Waals surface area (Å²) in [6, 6.07) is 4.02. The van der Waals surface area contributed by atoms with Crippen LogP contribution >= 0.6 is 11.8 Å². The second kappa shape index (κ2) is 5.79. The summed E-state index contributed by atoms with van der Waals surface area (Å²) in [5, 5.41) is 11.1. The molecule has 0 aliphatic rings. The number of hydrogen-bond donors (Lipinski definition) is 2. The molecule has 0 amide bonds. The molecule has 0 atom stereocenters. The summed E-state index contributed by atoms with van der Waals surface area (Å²) < 4.78 is 5.76. The van der Waals surface area contributed by atoms with Gasteiger partial charge in [0.05, 0.1) is 12.3 Å². The first-order chi connectivity index (χ1) is 8.92. The Kier molecular flexibility index (Phi) is 4.31. The van der Waals surface area contributed by atoms with Gasteiger partial charge in [-0.15, -0.1) is 5.10 Å². The number of H-pyrrole nitrogens is 1. The normalized spacial score (nSPS) is 12.0. The van der Waals surface area contributed by atoms with Gasteiger partial charge in [-0.2, -0.15) is 0 Å². The van der Waals surface area contributed by atoms with E-state index in [1.54, 1.807) is 11.8 Å². The van der Waals surface area contributed by atoms with Crippen molar-refractivity contribution in [3.05, 3.63) is 29.5 Å². The Morgan fingerprint density at radius 3 is 2.68 bits per heavy atom. The minimum absolute atomic E-state index is 0.0954. The van der Waals surface area contributed by atoms with Crippen LogP contribution < -0.4 is 5.32 Å². The van der Waals surface area contributed by atoms with Gasteiger partial charge in [0.15, 0.2) is 0 Å². The molecular weight excluding hydrogens is 260 g/mol. The van der Waals surface area contributed by atoms with Crippen molar-refractivity contribution < 1.29 is 4.42 Å². The molecule has 0 aromatic carbocycles. The van der Waals surface area contributed by atoms with Gasteiger partial charge in [0, 0.05) is 5.54 Å². The molecule has 0 aliphatic heterocycles. The number of aromatic nitrogens is 3. The van der Waals surface area contributed by atoms with Crippen LogP contribution in [0.4, 0.5) is 0 Å². The second-order valence-corrected chi connectivity index (χ2v) is 6.41. The fourth-order valence-electron chi connectivity index (χ4n) is 1.47. The van der Waals surface area contributed by atoms with Gasteiger partial charge in [-0.3, -0.25) is 5.10 Å². The van der Waals surface area contributed by atoms with E-state index in [-0.39, 0.29) is 5.54 Å². The Morgan fingerprint density at radius 1 is 1.32 bits per heavy atom. The number of aryl methyl sites for hydroxylation is 1. The fraction of sp³-hybridized carbons (Fsp3) is 0.538. The highest BCUT2D eigenvalue weighted by atomic mass is 32.2. The summed E-state index contributed by atoms with van der Waals surface area (Å²) in [6.07, 6.45) is 0. The largest absolute Gasteiger partial charge is 0.464 e. The standard InChI is InChI=1S/C13H20N4OS/c1-9-15-12(17-16-9)19-8-11-6-5-10(18-11)7-14-13(2,3)4/h5-6,14H,7-8H2,1-4H3,(H,15,16,17). The topological polar surface area (TPSA) is 66.7 Å². The van der Waals surface area contributed by atoms with E-state index in [0.29, 0.717) is 0 Å². The first-order valence-corrected chi connectivity index (χ1v) is 7.25. The SMILES string of the molecule is Cc1nc(SCc2ccc(CNC(C)(C)C)o2)n[nH]1.